The first-order chi connectivity index (χ1) is 8.22. The van der Waals surface area contributed by atoms with Crippen molar-refractivity contribution in [3.8, 4) is 0 Å². The average molecular weight is 233 g/mol. The Labute approximate surface area is 104 Å². The number of methoxy groups -OCH3 is 1. The molecule has 4 unspecified atom stereocenters. The summed E-state index contributed by atoms with van der Waals surface area (Å²) in [5.74, 6) is 1.93. The summed E-state index contributed by atoms with van der Waals surface area (Å²) in [7, 11) is 1.76. The van der Waals surface area contributed by atoms with Crippen molar-refractivity contribution in [2.24, 2.45) is 17.6 Å². The van der Waals surface area contributed by atoms with Gasteiger partial charge in [-0.3, -0.25) is 0 Å². The van der Waals surface area contributed by atoms with Gasteiger partial charge in [0, 0.05) is 19.8 Å². The summed E-state index contributed by atoms with van der Waals surface area (Å²) in [6.45, 7) is 3.03. The molecule has 0 heterocycles. The summed E-state index contributed by atoms with van der Waals surface area (Å²) in [6.07, 6.45) is 2.33. The van der Waals surface area contributed by atoms with Gasteiger partial charge in [-0.1, -0.05) is 37.3 Å². The van der Waals surface area contributed by atoms with Crippen molar-refractivity contribution in [1.29, 1.82) is 0 Å². The highest BCUT2D eigenvalue weighted by Crippen LogP contribution is 2.49. The van der Waals surface area contributed by atoms with E-state index in [1.807, 2.05) is 0 Å². The molecule has 0 bridgehead atoms. The molecule has 0 aromatic heterocycles. The van der Waals surface area contributed by atoms with Crippen LogP contribution < -0.4 is 5.73 Å². The Hall–Kier alpha value is -0.860. The molecule has 1 aromatic carbocycles. The quantitative estimate of drug-likeness (QED) is 0.820. The van der Waals surface area contributed by atoms with E-state index in [0.29, 0.717) is 23.8 Å². The van der Waals surface area contributed by atoms with E-state index in [1.165, 1.54) is 12.0 Å². The lowest BCUT2D eigenvalue weighted by atomic mass is 9.97. The highest BCUT2D eigenvalue weighted by atomic mass is 16.5. The lowest BCUT2D eigenvalue weighted by Gasteiger charge is -2.16. The topological polar surface area (TPSA) is 35.2 Å². The Morgan fingerprint density at radius 1 is 1.35 bits per heavy atom. The van der Waals surface area contributed by atoms with Crippen molar-refractivity contribution in [1.82, 2.24) is 0 Å². The molecule has 0 amide bonds. The summed E-state index contributed by atoms with van der Waals surface area (Å²) in [5, 5.41) is 0. The molecule has 2 heteroatoms. The summed E-state index contributed by atoms with van der Waals surface area (Å²) < 4.78 is 5.16. The standard InChI is InChI=1S/C15H23NO/c1-11(10-17-2)8-15(16)14-9-13(14)12-6-4-3-5-7-12/h3-7,11,13-15H,8-10,16H2,1-2H3. The van der Waals surface area contributed by atoms with Gasteiger partial charge in [0.05, 0.1) is 0 Å². The molecule has 1 fully saturated rings. The second kappa shape index (κ2) is 5.65. The summed E-state index contributed by atoms with van der Waals surface area (Å²) >= 11 is 0. The van der Waals surface area contributed by atoms with Crippen LogP contribution in [0.2, 0.25) is 0 Å². The van der Waals surface area contributed by atoms with Crippen molar-refractivity contribution in [2.75, 3.05) is 13.7 Å². The number of hydrogen-bond donors (Lipinski definition) is 1. The third-order valence-corrected chi connectivity index (χ3v) is 3.74. The van der Waals surface area contributed by atoms with Crippen molar-refractivity contribution in [3.05, 3.63) is 35.9 Å². The molecule has 1 saturated carbocycles. The van der Waals surface area contributed by atoms with Gasteiger partial charge in [-0.15, -0.1) is 0 Å². The lowest BCUT2D eigenvalue weighted by Crippen LogP contribution is -2.27. The Kier molecular flexibility index (Phi) is 4.19. The number of hydrogen-bond acceptors (Lipinski definition) is 2. The maximum Gasteiger partial charge on any atom is 0.0488 e. The molecule has 1 aliphatic rings. The fourth-order valence-corrected chi connectivity index (χ4v) is 2.76. The van der Waals surface area contributed by atoms with Gasteiger partial charge in [-0.25, -0.2) is 0 Å². The molecule has 1 aliphatic carbocycles. The van der Waals surface area contributed by atoms with Gasteiger partial charge in [-0.05, 0) is 36.2 Å². The largest absolute Gasteiger partial charge is 0.384 e. The van der Waals surface area contributed by atoms with Crippen LogP contribution in [0.3, 0.4) is 0 Å². The first kappa shape index (κ1) is 12.6. The zero-order chi connectivity index (χ0) is 12.3. The third kappa shape index (κ3) is 3.30. The van der Waals surface area contributed by atoms with Gasteiger partial charge >= 0.3 is 0 Å². The Balaban J connectivity index is 1.82. The van der Waals surface area contributed by atoms with Crippen molar-refractivity contribution >= 4 is 0 Å². The fourth-order valence-electron chi connectivity index (χ4n) is 2.76. The fraction of sp³-hybridized carbons (Fsp3) is 0.600. The molecule has 2 rings (SSSR count). The monoisotopic (exact) mass is 233 g/mol. The molecular weight excluding hydrogens is 210 g/mol. The maximum atomic E-state index is 6.28. The van der Waals surface area contributed by atoms with Crippen LogP contribution in [0.15, 0.2) is 30.3 Å². The molecule has 1 aromatic rings. The highest BCUT2D eigenvalue weighted by molar-refractivity contribution is 5.26. The predicted molar refractivity (Wildman–Crippen MR) is 70.9 cm³/mol. The summed E-state index contributed by atoms with van der Waals surface area (Å²) in [5.41, 5.74) is 7.73. The molecule has 17 heavy (non-hydrogen) atoms. The number of ether oxygens (including phenoxy) is 1. The van der Waals surface area contributed by atoms with E-state index < -0.39 is 0 Å². The van der Waals surface area contributed by atoms with Gasteiger partial charge in [0.2, 0.25) is 0 Å². The van der Waals surface area contributed by atoms with Crippen LogP contribution in [0.1, 0.15) is 31.2 Å². The SMILES string of the molecule is COCC(C)CC(N)C1CC1c1ccccc1. The zero-order valence-electron chi connectivity index (χ0n) is 10.8. The van der Waals surface area contributed by atoms with E-state index >= 15 is 0 Å². The highest BCUT2D eigenvalue weighted by Gasteiger charge is 2.42. The number of nitrogens with two attached hydrogens (primary N) is 1. The minimum atomic E-state index is 0.324. The van der Waals surface area contributed by atoms with Gasteiger partial charge < -0.3 is 10.5 Å². The van der Waals surface area contributed by atoms with Gasteiger partial charge in [-0.2, -0.15) is 0 Å². The van der Waals surface area contributed by atoms with E-state index in [2.05, 4.69) is 37.3 Å². The van der Waals surface area contributed by atoms with E-state index in [1.54, 1.807) is 7.11 Å². The molecule has 4 atom stereocenters. The maximum absolute atomic E-state index is 6.28. The molecule has 2 nitrogen and oxygen atoms in total. The van der Waals surface area contributed by atoms with Crippen LogP contribution in [0.4, 0.5) is 0 Å². The Morgan fingerprint density at radius 3 is 2.71 bits per heavy atom. The second-order valence-corrected chi connectivity index (χ2v) is 5.38. The van der Waals surface area contributed by atoms with E-state index in [0.717, 1.165) is 13.0 Å². The second-order valence-electron chi connectivity index (χ2n) is 5.38. The Bertz CT molecular complexity index is 338. The van der Waals surface area contributed by atoms with Gasteiger partial charge in [0.25, 0.3) is 0 Å². The number of benzene rings is 1. The van der Waals surface area contributed by atoms with Crippen LogP contribution in [0, 0.1) is 11.8 Å². The van der Waals surface area contributed by atoms with Crippen LogP contribution in [0.5, 0.6) is 0 Å². The predicted octanol–water partition coefficient (Wildman–Crippen LogP) is 2.79. The smallest absolute Gasteiger partial charge is 0.0488 e. The molecule has 94 valence electrons. The first-order valence-electron chi connectivity index (χ1n) is 6.51. The average Bonchev–Trinajstić information content (AvgIpc) is 3.10. The molecule has 0 radical (unpaired) electrons. The number of rotatable bonds is 6. The third-order valence-electron chi connectivity index (χ3n) is 3.74. The van der Waals surface area contributed by atoms with Crippen molar-refractivity contribution in [3.63, 3.8) is 0 Å². The normalized spacial score (nSPS) is 26.5. The minimum absolute atomic E-state index is 0.324. The molecule has 0 spiro atoms. The lowest BCUT2D eigenvalue weighted by molar-refractivity contribution is 0.150. The van der Waals surface area contributed by atoms with Gasteiger partial charge in [0.1, 0.15) is 0 Å². The van der Waals surface area contributed by atoms with Crippen LogP contribution in [-0.2, 0) is 4.74 Å². The molecule has 2 N–H and O–H groups in total. The minimum Gasteiger partial charge on any atom is -0.384 e. The molecule has 0 aliphatic heterocycles. The van der Waals surface area contributed by atoms with E-state index in [4.69, 9.17) is 10.5 Å². The van der Waals surface area contributed by atoms with Crippen LogP contribution in [-0.4, -0.2) is 19.8 Å². The summed E-state index contributed by atoms with van der Waals surface area (Å²) in [6, 6.07) is 11.1. The van der Waals surface area contributed by atoms with Crippen LogP contribution in [0.25, 0.3) is 0 Å². The van der Waals surface area contributed by atoms with Crippen molar-refractivity contribution < 1.29 is 4.74 Å². The Morgan fingerprint density at radius 2 is 2.06 bits per heavy atom. The molecular formula is C15H23NO. The van der Waals surface area contributed by atoms with Crippen LogP contribution >= 0.6 is 0 Å². The first-order valence-corrected chi connectivity index (χ1v) is 6.51. The zero-order valence-corrected chi connectivity index (χ0v) is 10.8. The van der Waals surface area contributed by atoms with E-state index in [9.17, 15) is 0 Å². The summed E-state index contributed by atoms with van der Waals surface area (Å²) in [4.78, 5) is 0. The van der Waals surface area contributed by atoms with Crippen molar-refractivity contribution in [2.45, 2.75) is 31.7 Å². The van der Waals surface area contributed by atoms with Gasteiger partial charge in [0.15, 0.2) is 0 Å². The van der Waals surface area contributed by atoms with E-state index in [-0.39, 0.29) is 0 Å². The molecule has 0 saturated heterocycles.